The zero-order valence-electron chi connectivity index (χ0n) is 14.3. The van der Waals surface area contributed by atoms with Crippen molar-refractivity contribution in [2.24, 2.45) is 0 Å². The normalized spacial score (nSPS) is 10.4. The summed E-state index contributed by atoms with van der Waals surface area (Å²) in [5, 5.41) is 12.2. The molecule has 0 aliphatic rings. The molecule has 0 radical (unpaired) electrons. The quantitative estimate of drug-likeness (QED) is 0.615. The summed E-state index contributed by atoms with van der Waals surface area (Å²) in [6.45, 7) is 0. The van der Waals surface area contributed by atoms with Gasteiger partial charge in [-0.25, -0.2) is 0 Å². The fraction of sp³-hybridized carbons (Fsp3) is 0.167. The van der Waals surface area contributed by atoms with Crippen LogP contribution < -0.4 is 14.8 Å². The van der Waals surface area contributed by atoms with E-state index in [9.17, 15) is 4.79 Å². The lowest BCUT2D eigenvalue weighted by atomic mass is 10.2. The number of hydrogen-bond donors (Lipinski definition) is 1. The molecule has 0 bridgehead atoms. The first-order valence-electron chi connectivity index (χ1n) is 7.73. The molecular formula is C18H17N3O3S2. The number of nitrogens with zero attached hydrogens (tertiary/aromatic N) is 2. The highest BCUT2D eigenvalue weighted by molar-refractivity contribution is 7.98. The maximum atomic E-state index is 12.4. The molecule has 26 heavy (non-hydrogen) atoms. The lowest BCUT2D eigenvalue weighted by Gasteiger charge is -2.08. The van der Waals surface area contributed by atoms with Crippen molar-refractivity contribution in [2.75, 3.05) is 19.5 Å². The van der Waals surface area contributed by atoms with Gasteiger partial charge in [0.15, 0.2) is 11.5 Å². The molecular weight excluding hydrogens is 370 g/mol. The number of rotatable bonds is 7. The summed E-state index contributed by atoms with van der Waals surface area (Å²) in [7, 11) is 3.08. The molecule has 1 heterocycles. The highest BCUT2D eigenvalue weighted by atomic mass is 32.2. The highest BCUT2D eigenvalue weighted by Gasteiger charge is 2.13. The van der Waals surface area contributed by atoms with E-state index in [1.807, 2.05) is 30.3 Å². The van der Waals surface area contributed by atoms with Crippen LogP contribution in [0.2, 0.25) is 0 Å². The lowest BCUT2D eigenvalue weighted by molar-refractivity contribution is 0.102. The number of aromatic nitrogens is 2. The monoisotopic (exact) mass is 387 g/mol. The van der Waals surface area contributed by atoms with E-state index in [1.54, 1.807) is 37.1 Å². The van der Waals surface area contributed by atoms with Crippen molar-refractivity contribution >= 4 is 34.1 Å². The van der Waals surface area contributed by atoms with E-state index in [4.69, 9.17) is 9.47 Å². The van der Waals surface area contributed by atoms with Crippen LogP contribution in [-0.2, 0) is 5.75 Å². The van der Waals surface area contributed by atoms with Crippen LogP contribution in [0.1, 0.15) is 15.4 Å². The zero-order chi connectivity index (χ0) is 18.4. The maximum absolute atomic E-state index is 12.4. The van der Waals surface area contributed by atoms with E-state index in [0.29, 0.717) is 27.9 Å². The summed E-state index contributed by atoms with van der Waals surface area (Å²) in [6.07, 6.45) is 0. The topological polar surface area (TPSA) is 73.3 Å². The van der Waals surface area contributed by atoms with Crippen molar-refractivity contribution in [3.8, 4) is 11.5 Å². The van der Waals surface area contributed by atoms with Gasteiger partial charge in [-0.2, -0.15) is 0 Å². The summed E-state index contributed by atoms with van der Waals surface area (Å²) in [4.78, 5) is 13.6. The van der Waals surface area contributed by atoms with Gasteiger partial charge in [-0.05, 0) is 30.3 Å². The summed E-state index contributed by atoms with van der Waals surface area (Å²) in [5.74, 6) is 1.50. The van der Waals surface area contributed by atoms with Gasteiger partial charge in [0, 0.05) is 10.5 Å². The van der Waals surface area contributed by atoms with Crippen molar-refractivity contribution in [3.05, 3.63) is 59.1 Å². The van der Waals surface area contributed by atoms with Gasteiger partial charge in [-0.1, -0.05) is 29.5 Å². The minimum absolute atomic E-state index is 0.274. The first-order valence-corrected chi connectivity index (χ1v) is 9.53. The Morgan fingerprint density at radius 3 is 2.58 bits per heavy atom. The SMILES string of the molecule is COc1ccc(C(=O)Nc2nnc(CSc3ccccc3)s2)cc1OC. The Labute approximate surface area is 159 Å². The van der Waals surface area contributed by atoms with E-state index in [2.05, 4.69) is 15.5 Å². The Kier molecular flexibility index (Phi) is 6.08. The second kappa shape index (κ2) is 8.68. The van der Waals surface area contributed by atoms with Crippen molar-refractivity contribution < 1.29 is 14.3 Å². The Hall–Kier alpha value is -2.58. The third-order valence-corrected chi connectivity index (χ3v) is 5.48. The first kappa shape index (κ1) is 18.2. The molecule has 2 aromatic carbocycles. The summed E-state index contributed by atoms with van der Waals surface area (Å²) in [6, 6.07) is 15.1. The molecule has 134 valence electrons. The van der Waals surface area contributed by atoms with Crippen molar-refractivity contribution in [1.82, 2.24) is 10.2 Å². The highest BCUT2D eigenvalue weighted by Crippen LogP contribution is 2.29. The lowest BCUT2D eigenvalue weighted by Crippen LogP contribution is -2.11. The fourth-order valence-electron chi connectivity index (χ4n) is 2.17. The minimum Gasteiger partial charge on any atom is -0.493 e. The molecule has 0 atom stereocenters. The Bertz CT molecular complexity index is 884. The van der Waals surface area contributed by atoms with Gasteiger partial charge in [0.25, 0.3) is 5.91 Å². The smallest absolute Gasteiger partial charge is 0.257 e. The average Bonchev–Trinajstić information content (AvgIpc) is 3.13. The summed E-state index contributed by atoms with van der Waals surface area (Å²) >= 11 is 3.04. The molecule has 0 spiro atoms. The number of methoxy groups -OCH3 is 2. The number of nitrogens with one attached hydrogen (secondary N) is 1. The second-order valence-corrected chi connectivity index (χ2v) is 7.24. The summed E-state index contributed by atoms with van der Waals surface area (Å²) < 4.78 is 10.4. The van der Waals surface area contributed by atoms with Crippen LogP contribution in [0.5, 0.6) is 11.5 Å². The number of anilines is 1. The number of thioether (sulfide) groups is 1. The van der Waals surface area contributed by atoms with Gasteiger partial charge in [0.1, 0.15) is 5.01 Å². The second-order valence-electron chi connectivity index (χ2n) is 5.13. The van der Waals surface area contributed by atoms with Gasteiger partial charge in [-0.15, -0.1) is 22.0 Å². The number of carbonyl (C=O) groups is 1. The third-order valence-electron chi connectivity index (χ3n) is 3.44. The molecule has 0 aliphatic heterocycles. The van der Waals surface area contributed by atoms with Gasteiger partial charge >= 0.3 is 0 Å². The average molecular weight is 387 g/mol. The van der Waals surface area contributed by atoms with Crippen LogP contribution in [0.15, 0.2) is 53.4 Å². The number of benzene rings is 2. The van der Waals surface area contributed by atoms with E-state index in [1.165, 1.54) is 23.3 Å². The fourth-order valence-corrected chi connectivity index (χ4v) is 3.81. The molecule has 0 fully saturated rings. The molecule has 3 aromatic rings. The molecule has 0 saturated heterocycles. The number of carbonyl (C=O) groups excluding carboxylic acids is 1. The largest absolute Gasteiger partial charge is 0.493 e. The number of ether oxygens (including phenoxy) is 2. The predicted molar refractivity (Wildman–Crippen MR) is 103 cm³/mol. The van der Waals surface area contributed by atoms with E-state index >= 15 is 0 Å². The predicted octanol–water partition coefficient (Wildman–Crippen LogP) is 4.10. The number of amides is 1. The third kappa shape index (κ3) is 4.53. The standard InChI is InChI=1S/C18H17N3O3S2/c1-23-14-9-8-12(10-15(14)24-2)17(22)19-18-21-20-16(26-18)11-25-13-6-4-3-5-7-13/h3-10H,11H2,1-2H3,(H,19,21,22). The summed E-state index contributed by atoms with van der Waals surface area (Å²) in [5.41, 5.74) is 0.457. The van der Waals surface area contributed by atoms with Crippen molar-refractivity contribution in [1.29, 1.82) is 0 Å². The van der Waals surface area contributed by atoms with Gasteiger partial charge in [0.05, 0.1) is 20.0 Å². The molecule has 1 N–H and O–H groups in total. The molecule has 0 saturated carbocycles. The van der Waals surface area contributed by atoms with Crippen LogP contribution >= 0.6 is 23.1 Å². The molecule has 0 unspecified atom stereocenters. The van der Waals surface area contributed by atoms with Crippen LogP contribution in [0.3, 0.4) is 0 Å². The minimum atomic E-state index is -0.274. The van der Waals surface area contributed by atoms with Crippen molar-refractivity contribution in [2.45, 2.75) is 10.6 Å². The van der Waals surface area contributed by atoms with E-state index in [-0.39, 0.29) is 5.91 Å². The van der Waals surface area contributed by atoms with E-state index in [0.717, 1.165) is 5.01 Å². The molecule has 0 aliphatic carbocycles. The molecule has 3 rings (SSSR count). The Morgan fingerprint density at radius 1 is 1.08 bits per heavy atom. The van der Waals surface area contributed by atoms with Gasteiger partial charge in [0.2, 0.25) is 5.13 Å². The molecule has 1 amide bonds. The molecule has 8 heteroatoms. The molecule has 6 nitrogen and oxygen atoms in total. The Morgan fingerprint density at radius 2 is 1.85 bits per heavy atom. The number of hydrogen-bond acceptors (Lipinski definition) is 7. The van der Waals surface area contributed by atoms with Gasteiger partial charge < -0.3 is 9.47 Å². The Balaban J connectivity index is 1.62. The van der Waals surface area contributed by atoms with Crippen LogP contribution in [0.25, 0.3) is 0 Å². The van der Waals surface area contributed by atoms with Crippen LogP contribution in [0.4, 0.5) is 5.13 Å². The van der Waals surface area contributed by atoms with E-state index < -0.39 is 0 Å². The zero-order valence-corrected chi connectivity index (χ0v) is 15.9. The first-order chi connectivity index (χ1) is 12.7. The molecule has 1 aromatic heterocycles. The van der Waals surface area contributed by atoms with Crippen LogP contribution in [0, 0.1) is 0 Å². The maximum Gasteiger partial charge on any atom is 0.257 e. The van der Waals surface area contributed by atoms with Gasteiger partial charge in [-0.3, -0.25) is 10.1 Å². The van der Waals surface area contributed by atoms with Crippen LogP contribution in [-0.4, -0.2) is 30.3 Å². The van der Waals surface area contributed by atoms with Crippen molar-refractivity contribution in [3.63, 3.8) is 0 Å².